The summed E-state index contributed by atoms with van der Waals surface area (Å²) in [5.41, 5.74) is 1.28. The number of hydrogen-bond acceptors (Lipinski definition) is 3. The van der Waals surface area contributed by atoms with Crippen molar-refractivity contribution >= 4 is 23.2 Å². The van der Waals surface area contributed by atoms with Crippen molar-refractivity contribution in [1.29, 1.82) is 0 Å². The lowest BCUT2D eigenvalue weighted by atomic mass is 9.90. The first-order valence-electron chi connectivity index (χ1n) is 9.09. The average Bonchev–Trinajstić information content (AvgIpc) is 2.63. The highest BCUT2D eigenvalue weighted by molar-refractivity contribution is 6.42. The van der Waals surface area contributed by atoms with E-state index in [1.165, 1.54) is 18.4 Å². The molecule has 0 aromatic heterocycles. The minimum Gasteiger partial charge on any atom is -0.379 e. The van der Waals surface area contributed by atoms with Crippen LogP contribution in [0.15, 0.2) is 18.2 Å². The summed E-state index contributed by atoms with van der Waals surface area (Å²) < 4.78 is 11.9. The molecule has 0 radical (unpaired) electrons. The molecular weight excluding hydrogens is 345 g/mol. The molecule has 2 aliphatic rings. The second-order valence-electron chi connectivity index (χ2n) is 6.85. The highest BCUT2D eigenvalue weighted by Gasteiger charge is 2.29. The Morgan fingerprint density at radius 1 is 1.25 bits per heavy atom. The standard InChI is InChI=1S/C19H27Cl2NO2/c1-2-19(24-16-6-4-10-23-13-16)22-9-3-5-15(12-22)14-7-8-17(20)18(21)11-14/h7-8,11,15-16,19H,2-6,9-10,12-13H2,1H3. The van der Waals surface area contributed by atoms with Gasteiger partial charge in [-0.25, -0.2) is 0 Å². The number of hydrogen-bond donors (Lipinski definition) is 0. The second kappa shape index (κ2) is 8.86. The van der Waals surface area contributed by atoms with Gasteiger partial charge in [0.25, 0.3) is 0 Å². The van der Waals surface area contributed by atoms with Crippen LogP contribution in [0.5, 0.6) is 0 Å². The number of halogens is 2. The van der Waals surface area contributed by atoms with Gasteiger partial charge in [-0.2, -0.15) is 0 Å². The minimum absolute atomic E-state index is 0.183. The molecule has 2 fully saturated rings. The molecule has 0 bridgehead atoms. The molecule has 2 heterocycles. The molecule has 3 atom stereocenters. The third kappa shape index (κ3) is 4.64. The maximum absolute atomic E-state index is 6.36. The van der Waals surface area contributed by atoms with Crippen molar-refractivity contribution in [3.63, 3.8) is 0 Å². The van der Waals surface area contributed by atoms with Crippen LogP contribution in [0.25, 0.3) is 0 Å². The van der Waals surface area contributed by atoms with Gasteiger partial charge in [-0.15, -0.1) is 0 Å². The molecule has 0 N–H and O–H groups in total. The summed E-state index contributed by atoms with van der Waals surface area (Å²) in [6.45, 7) is 5.94. The summed E-state index contributed by atoms with van der Waals surface area (Å²) in [5.74, 6) is 0.494. The van der Waals surface area contributed by atoms with Crippen LogP contribution in [-0.4, -0.2) is 43.5 Å². The Morgan fingerprint density at radius 2 is 2.12 bits per heavy atom. The van der Waals surface area contributed by atoms with Gasteiger partial charge in [-0.05, 0) is 55.7 Å². The Kier molecular flexibility index (Phi) is 6.82. The van der Waals surface area contributed by atoms with Gasteiger partial charge in [0.05, 0.1) is 22.8 Å². The van der Waals surface area contributed by atoms with Gasteiger partial charge < -0.3 is 9.47 Å². The fourth-order valence-electron chi connectivity index (χ4n) is 3.79. The lowest BCUT2D eigenvalue weighted by Gasteiger charge is -2.40. The van der Waals surface area contributed by atoms with Crippen LogP contribution in [0, 0.1) is 0 Å². The van der Waals surface area contributed by atoms with Gasteiger partial charge in [0.15, 0.2) is 0 Å². The predicted octanol–water partition coefficient (Wildman–Crippen LogP) is 5.10. The monoisotopic (exact) mass is 371 g/mol. The van der Waals surface area contributed by atoms with E-state index in [9.17, 15) is 0 Å². The van der Waals surface area contributed by atoms with Crippen LogP contribution in [0.2, 0.25) is 10.0 Å². The predicted molar refractivity (Wildman–Crippen MR) is 99.0 cm³/mol. The minimum atomic E-state index is 0.183. The Balaban J connectivity index is 1.63. The zero-order chi connectivity index (χ0) is 16.9. The van der Waals surface area contributed by atoms with E-state index < -0.39 is 0 Å². The van der Waals surface area contributed by atoms with Crippen LogP contribution in [0.1, 0.15) is 50.5 Å². The number of ether oxygens (including phenoxy) is 2. The number of piperidine rings is 1. The summed E-state index contributed by atoms with van der Waals surface area (Å²) in [5, 5.41) is 1.27. The molecule has 3 nitrogen and oxygen atoms in total. The molecule has 134 valence electrons. The average molecular weight is 372 g/mol. The highest BCUT2D eigenvalue weighted by Crippen LogP contribution is 2.32. The Labute approximate surface area is 155 Å². The summed E-state index contributed by atoms with van der Waals surface area (Å²) in [6, 6.07) is 6.04. The molecule has 2 aliphatic heterocycles. The molecule has 1 aromatic carbocycles. The van der Waals surface area contributed by atoms with E-state index in [0.29, 0.717) is 16.0 Å². The van der Waals surface area contributed by atoms with Crippen molar-refractivity contribution in [2.45, 2.75) is 57.3 Å². The molecule has 3 rings (SSSR count). The fourth-order valence-corrected chi connectivity index (χ4v) is 4.09. The van der Waals surface area contributed by atoms with Crippen molar-refractivity contribution in [2.75, 3.05) is 26.3 Å². The summed E-state index contributed by atoms with van der Waals surface area (Å²) in [6.07, 6.45) is 6.03. The Morgan fingerprint density at radius 3 is 2.83 bits per heavy atom. The van der Waals surface area contributed by atoms with E-state index in [2.05, 4.69) is 17.9 Å². The van der Waals surface area contributed by atoms with Gasteiger partial charge >= 0.3 is 0 Å². The Hall–Kier alpha value is -0.320. The first-order valence-corrected chi connectivity index (χ1v) is 9.85. The maximum atomic E-state index is 6.36. The van der Waals surface area contributed by atoms with E-state index in [0.717, 1.165) is 45.6 Å². The maximum Gasteiger partial charge on any atom is 0.110 e. The SMILES string of the molecule is CCC(OC1CCCOC1)N1CCCC(c2ccc(Cl)c(Cl)c2)C1. The van der Waals surface area contributed by atoms with Crippen LogP contribution >= 0.6 is 23.2 Å². The fraction of sp³-hybridized carbons (Fsp3) is 0.684. The molecule has 0 spiro atoms. The largest absolute Gasteiger partial charge is 0.379 e. The molecule has 3 unspecified atom stereocenters. The first kappa shape index (κ1) is 18.5. The van der Waals surface area contributed by atoms with Crippen molar-refractivity contribution in [3.8, 4) is 0 Å². The second-order valence-corrected chi connectivity index (χ2v) is 7.66. The van der Waals surface area contributed by atoms with E-state index in [1.54, 1.807) is 0 Å². The van der Waals surface area contributed by atoms with Gasteiger partial charge in [-0.1, -0.05) is 36.2 Å². The van der Waals surface area contributed by atoms with Crippen molar-refractivity contribution in [1.82, 2.24) is 4.90 Å². The number of nitrogens with zero attached hydrogens (tertiary/aromatic N) is 1. The smallest absolute Gasteiger partial charge is 0.110 e. The van der Waals surface area contributed by atoms with Crippen molar-refractivity contribution in [3.05, 3.63) is 33.8 Å². The lowest BCUT2D eigenvalue weighted by Crippen LogP contribution is -2.45. The summed E-state index contributed by atoms with van der Waals surface area (Å²) in [4.78, 5) is 2.49. The van der Waals surface area contributed by atoms with Gasteiger partial charge in [0.1, 0.15) is 6.23 Å². The molecular formula is C19H27Cl2NO2. The molecule has 1 aromatic rings. The van der Waals surface area contributed by atoms with Crippen LogP contribution < -0.4 is 0 Å². The number of likely N-dealkylation sites (tertiary alicyclic amines) is 1. The topological polar surface area (TPSA) is 21.7 Å². The summed E-state index contributed by atoms with van der Waals surface area (Å²) in [7, 11) is 0. The van der Waals surface area contributed by atoms with Gasteiger partial charge in [0, 0.05) is 19.7 Å². The number of benzene rings is 1. The van der Waals surface area contributed by atoms with Crippen LogP contribution in [0.4, 0.5) is 0 Å². The van der Waals surface area contributed by atoms with Crippen molar-refractivity contribution < 1.29 is 9.47 Å². The third-order valence-electron chi connectivity index (χ3n) is 5.09. The van der Waals surface area contributed by atoms with E-state index in [4.69, 9.17) is 32.7 Å². The molecule has 5 heteroatoms. The molecule has 0 amide bonds. The van der Waals surface area contributed by atoms with Gasteiger partial charge in [0.2, 0.25) is 0 Å². The van der Waals surface area contributed by atoms with Crippen LogP contribution in [-0.2, 0) is 9.47 Å². The third-order valence-corrected chi connectivity index (χ3v) is 5.83. The van der Waals surface area contributed by atoms with E-state index in [-0.39, 0.29) is 12.3 Å². The first-order chi connectivity index (χ1) is 11.7. The zero-order valence-electron chi connectivity index (χ0n) is 14.3. The zero-order valence-corrected chi connectivity index (χ0v) is 15.9. The molecule has 24 heavy (non-hydrogen) atoms. The quantitative estimate of drug-likeness (QED) is 0.717. The number of rotatable bonds is 5. The van der Waals surface area contributed by atoms with Crippen molar-refractivity contribution in [2.24, 2.45) is 0 Å². The van der Waals surface area contributed by atoms with Gasteiger partial charge in [-0.3, -0.25) is 4.90 Å². The molecule has 2 saturated heterocycles. The molecule has 0 aliphatic carbocycles. The van der Waals surface area contributed by atoms with E-state index in [1.807, 2.05) is 12.1 Å². The van der Waals surface area contributed by atoms with Crippen LogP contribution in [0.3, 0.4) is 0 Å². The summed E-state index contributed by atoms with van der Waals surface area (Å²) >= 11 is 12.3. The Bertz CT molecular complexity index is 534. The molecule has 0 saturated carbocycles. The normalized spacial score (nSPS) is 27.1. The lowest BCUT2D eigenvalue weighted by molar-refractivity contribution is -0.143. The highest BCUT2D eigenvalue weighted by atomic mass is 35.5. The van der Waals surface area contributed by atoms with E-state index >= 15 is 0 Å².